The number of aliphatic carboxylic acids is 1. The maximum Gasteiger partial charge on any atom is 0.303 e. The van der Waals surface area contributed by atoms with E-state index in [4.69, 9.17) is 5.11 Å². The largest absolute Gasteiger partial charge is 0.481 e. The molecule has 1 rings (SSSR count). The lowest BCUT2D eigenvalue weighted by Crippen LogP contribution is -2.35. The summed E-state index contributed by atoms with van der Waals surface area (Å²) in [7, 11) is 0. The van der Waals surface area contributed by atoms with Crippen LogP contribution in [0.25, 0.3) is 0 Å². The first-order valence-electron chi connectivity index (χ1n) is 5.81. The Bertz CT molecular complexity index is 477. The first kappa shape index (κ1) is 15.1. The van der Waals surface area contributed by atoms with Crippen molar-refractivity contribution in [2.45, 2.75) is 32.2 Å². The Morgan fingerprint density at radius 1 is 1.32 bits per heavy atom. The molecular formula is C13H15F2NO3. The number of carbonyl (C=O) groups is 2. The van der Waals surface area contributed by atoms with Gasteiger partial charge in [0.25, 0.3) is 0 Å². The van der Waals surface area contributed by atoms with Crippen molar-refractivity contribution in [1.29, 1.82) is 0 Å². The Hall–Kier alpha value is -1.98. The highest BCUT2D eigenvalue weighted by Gasteiger charge is 2.14. The van der Waals surface area contributed by atoms with Crippen LogP contribution < -0.4 is 5.32 Å². The van der Waals surface area contributed by atoms with Crippen LogP contribution in [0.1, 0.15) is 25.3 Å². The standard InChI is InChI=1S/C13H15F2NO3/c1-8(17)16-10(3-5-13(18)19)6-9-2-4-11(14)12(15)7-9/h2,4,7,10H,3,5-6H2,1H3,(H,16,17)(H,18,19). The molecule has 0 heterocycles. The lowest BCUT2D eigenvalue weighted by molar-refractivity contribution is -0.137. The van der Waals surface area contributed by atoms with Gasteiger partial charge in [0.2, 0.25) is 5.91 Å². The molecule has 0 fully saturated rings. The molecule has 1 aromatic rings. The number of halogens is 2. The Morgan fingerprint density at radius 3 is 2.53 bits per heavy atom. The summed E-state index contributed by atoms with van der Waals surface area (Å²) in [4.78, 5) is 21.5. The van der Waals surface area contributed by atoms with Gasteiger partial charge in [-0.05, 0) is 30.5 Å². The van der Waals surface area contributed by atoms with Crippen molar-refractivity contribution in [3.63, 3.8) is 0 Å². The molecule has 0 saturated heterocycles. The third-order valence-corrected chi connectivity index (χ3v) is 2.58. The summed E-state index contributed by atoms with van der Waals surface area (Å²) in [5.74, 6) is -3.17. The molecule has 1 atom stereocenters. The number of hydrogen-bond acceptors (Lipinski definition) is 2. The highest BCUT2D eigenvalue weighted by Crippen LogP contribution is 2.12. The molecule has 0 saturated carbocycles. The van der Waals surface area contributed by atoms with Crippen molar-refractivity contribution in [1.82, 2.24) is 5.32 Å². The van der Waals surface area contributed by atoms with Crippen molar-refractivity contribution in [3.05, 3.63) is 35.4 Å². The molecule has 1 amide bonds. The zero-order valence-electron chi connectivity index (χ0n) is 10.5. The molecule has 2 N–H and O–H groups in total. The van der Waals surface area contributed by atoms with Crippen LogP contribution in [0.4, 0.5) is 8.78 Å². The van der Waals surface area contributed by atoms with Gasteiger partial charge < -0.3 is 10.4 Å². The van der Waals surface area contributed by atoms with E-state index in [-0.39, 0.29) is 25.2 Å². The molecule has 0 radical (unpaired) electrons. The van der Waals surface area contributed by atoms with Crippen molar-refractivity contribution in [3.8, 4) is 0 Å². The van der Waals surface area contributed by atoms with Crippen LogP contribution in [0.2, 0.25) is 0 Å². The number of hydrogen-bond donors (Lipinski definition) is 2. The quantitative estimate of drug-likeness (QED) is 0.830. The molecule has 104 valence electrons. The van der Waals surface area contributed by atoms with Crippen molar-refractivity contribution < 1.29 is 23.5 Å². The van der Waals surface area contributed by atoms with E-state index < -0.39 is 23.6 Å². The second-order valence-electron chi connectivity index (χ2n) is 4.28. The number of amides is 1. The summed E-state index contributed by atoms with van der Waals surface area (Å²) < 4.78 is 25.8. The molecule has 1 unspecified atom stereocenters. The molecule has 0 aromatic heterocycles. The van der Waals surface area contributed by atoms with E-state index in [0.29, 0.717) is 5.56 Å². The molecule has 0 aliphatic carbocycles. The first-order chi connectivity index (χ1) is 8.88. The molecule has 19 heavy (non-hydrogen) atoms. The van der Waals surface area contributed by atoms with Gasteiger partial charge in [0.15, 0.2) is 11.6 Å². The van der Waals surface area contributed by atoms with Crippen LogP contribution in [-0.2, 0) is 16.0 Å². The molecule has 6 heteroatoms. The summed E-state index contributed by atoms with van der Waals surface area (Å²) in [6.07, 6.45) is 0.382. The lowest BCUT2D eigenvalue weighted by atomic mass is 10.0. The SMILES string of the molecule is CC(=O)NC(CCC(=O)O)Cc1ccc(F)c(F)c1. The Labute approximate surface area is 109 Å². The maximum atomic E-state index is 13.0. The number of carbonyl (C=O) groups excluding carboxylic acids is 1. The fraction of sp³-hybridized carbons (Fsp3) is 0.385. The summed E-state index contributed by atoms with van der Waals surface area (Å²) in [6, 6.07) is 3.05. The van der Waals surface area contributed by atoms with Crippen molar-refractivity contribution in [2.75, 3.05) is 0 Å². The number of benzene rings is 1. The van der Waals surface area contributed by atoms with Crippen molar-refractivity contribution >= 4 is 11.9 Å². The van der Waals surface area contributed by atoms with Crippen LogP contribution in [0.3, 0.4) is 0 Å². The van der Waals surface area contributed by atoms with Crippen LogP contribution in [0, 0.1) is 11.6 Å². The number of carboxylic acid groups (broad SMARTS) is 1. The van der Waals surface area contributed by atoms with E-state index >= 15 is 0 Å². The van der Waals surface area contributed by atoms with Crippen LogP contribution in [0.5, 0.6) is 0 Å². The maximum absolute atomic E-state index is 13.0. The molecule has 4 nitrogen and oxygen atoms in total. The van der Waals surface area contributed by atoms with Gasteiger partial charge in [-0.15, -0.1) is 0 Å². The van der Waals surface area contributed by atoms with Crippen LogP contribution in [0.15, 0.2) is 18.2 Å². The normalized spacial score (nSPS) is 11.9. The van der Waals surface area contributed by atoms with Gasteiger partial charge in [-0.25, -0.2) is 8.78 Å². The zero-order chi connectivity index (χ0) is 14.4. The van der Waals surface area contributed by atoms with Gasteiger partial charge in [-0.2, -0.15) is 0 Å². The number of nitrogens with one attached hydrogen (secondary N) is 1. The highest BCUT2D eigenvalue weighted by atomic mass is 19.2. The molecule has 1 aromatic carbocycles. The van der Waals surface area contributed by atoms with Gasteiger partial charge >= 0.3 is 5.97 Å². The van der Waals surface area contributed by atoms with E-state index in [9.17, 15) is 18.4 Å². The van der Waals surface area contributed by atoms with E-state index in [0.717, 1.165) is 12.1 Å². The van der Waals surface area contributed by atoms with Gasteiger partial charge in [-0.1, -0.05) is 6.07 Å². The third-order valence-electron chi connectivity index (χ3n) is 2.58. The van der Waals surface area contributed by atoms with Gasteiger partial charge in [-0.3, -0.25) is 9.59 Å². The van der Waals surface area contributed by atoms with Gasteiger partial charge in [0, 0.05) is 19.4 Å². The summed E-state index contributed by atoms with van der Waals surface area (Å²) in [5.41, 5.74) is 0.503. The average molecular weight is 271 g/mol. The topological polar surface area (TPSA) is 66.4 Å². The first-order valence-corrected chi connectivity index (χ1v) is 5.81. The minimum absolute atomic E-state index is 0.103. The molecule has 0 bridgehead atoms. The summed E-state index contributed by atoms with van der Waals surface area (Å²) in [5, 5.41) is 11.2. The molecule has 0 aliphatic heterocycles. The minimum Gasteiger partial charge on any atom is -0.481 e. The Kier molecular flexibility index (Phi) is 5.41. The van der Waals surface area contributed by atoms with E-state index in [1.807, 2.05) is 0 Å². The number of rotatable bonds is 6. The number of carboxylic acids is 1. The van der Waals surface area contributed by atoms with E-state index in [1.54, 1.807) is 0 Å². The molecule has 0 aliphatic rings. The second-order valence-corrected chi connectivity index (χ2v) is 4.28. The third kappa shape index (κ3) is 5.46. The van der Waals surface area contributed by atoms with Crippen LogP contribution >= 0.6 is 0 Å². The minimum atomic E-state index is -0.972. The summed E-state index contributed by atoms with van der Waals surface area (Å²) >= 11 is 0. The van der Waals surface area contributed by atoms with Crippen molar-refractivity contribution in [2.24, 2.45) is 0 Å². The summed E-state index contributed by atoms with van der Waals surface area (Å²) in [6.45, 7) is 1.32. The lowest BCUT2D eigenvalue weighted by Gasteiger charge is -2.17. The van der Waals surface area contributed by atoms with E-state index in [1.165, 1.54) is 13.0 Å². The van der Waals surface area contributed by atoms with Crippen LogP contribution in [-0.4, -0.2) is 23.0 Å². The second kappa shape index (κ2) is 6.82. The highest BCUT2D eigenvalue weighted by molar-refractivity contribution is 5.73. The fourth-order valence-electron chi connectivity index (χ4n) is 1.76. The van der Waals surface area contributed by atoms with Gasteiger partial charge in [0.05, 0.1) is 0 Å². The average Bonchev–Trinajstić information content (AvgIpc) is 2.30. The monoisotopic (exact) mass is 271 g/mol. The molecule has 0 spiro atoms. The van der Waals surface area contributed by atoms with Gasteiger partial charge in [0.1, 0.15) is 0 Å². The Morgan fingerprint density at radius 2 is 2.00 bits per heavy atom. The van der Waals surface area contributed by atoms with E-state index in [2.05, 4.69) is 5.32 Å². The Balaban J connectivity index is 2.71. The predicted molar refractivity (Wildman–Crippen MR) is 64.5 cm³/mol. The predicted octanol–water partition coefficient (Wildman–Crippen LogP) is 1.88. The zero-order valence-corrected chi connectivity index (χ0v) is 10.5. The fourth-order valence-corrected chi connectivity index (χ4v) is 1.76. The smallest absolute Gasteiger partial charge is 0.303 e. The molecular weight excluding hydrogens is 256 g/mol.